The van der Waals surface area contributed by atoms with Gasteiger partial charge in [-0.3, -0.25) is 4.90 Å². The normalized spacial score (nSPS) is 8.89. The monoisotopic (exact) mass is 127 g/mol. The Morgan fingerprint density at radius 2 is 2.22 bits per heavy atom. The molecule has 0 saturated carbocycles. The Kier molecular flexibility index (Phi) is 5.29. The summed E-state index contributed by atoms with van der Waals surface area (Å²) in [6.45, 7) is 3.47. The first-order valence-electron chi connectivity index (χ1n) is 3.00. The van der Waals surface area contributed by atoms with Crippen LogP contribution in [0.4, 0.5) is 0 Å². The van der Waals surface area contributed by atoms with E-state index in [-0.39, 0.29) is 6.61 Å². The summed E-state index contributed by atoms with van der Waals surface area (Å²) in [7, 11) is 1.93. The molecule has 0 aromatic rings. The topological polar surface area (TPSA) is 23.5 Å². The molecule has 0 radical (unpaired) electrons. The number of nitrogens with zero attached hydrogens (tertiary/aromatic N) is 1. The molecule has 0 heterocycles. The van der Waals surface area contributed by atoms with Gasteiger partial charge in [0.05, 0.1) is 13.2 Å². The van der Waals surface area contributed by atoms with Gasteiger partial charge in [0.15, 0.2) is 0 Å². The van der Waals surface area contributed by atoms with Crippen molar-refractivity contribution in [1.29, 1.82) is 0 Å². The molecular formula is C7H13NO. The summed E-state index contributed by atoms with van der Waals surface area (Å²) in [6.07, 6.45) is 0. The number of likely N-dealkylation sites (N-methyl/N-ethyl adjacent to an activating group) is 1. The smallest absolute Gasteiger partial charge is 0.0599 e. The lowest BCUT2D eigenvalue weighted by molar-refractivity contribution is 0.234. The minimum atomic E-state index is 0.210. The molecule has 0 saturated heterocycles. The van der Waals surface area contributed by atoms with Gasteiger partial charge in [-0.15, -0.1) is 5.92 Å². The SMILES string of the molecule is CC#CCN(C)CCO. The van der Waals surface area contributed by atoms with Crippen LogP contribution in [0.3, 0.4) is 0 Å². The number of rotatable bonds is 3. The Morgan fingerprint density at radius 3 is 2.67 bits per heavy atom. The Labute approximate surface area is 56.5 Å². The van der Waals surface area contributed by atoms with Crippen molar-refractivity contribution in [3.8, 4) is 11.8 Å². The molecule has 0 atom stereocenters. The Balaban J connectivity index is 3.22. The highest BCUT2D eigenvalue weighted by atomic mass is 16.3. The molecule has 0 aromatic heterocycles. The maximum atomic E-state index is 8.45. The van der Waals surface area contributed by atoms with Gasteiger partial charge in [0.2, 0.25) is 0 Å². The molecular weight excluding hydrogens is 114 g/mol. The van der Waals surface area contributed by atoms with Crippen molar-refractivity contribution >= 4 is 0 Å². The second-order valence-electron chi connectivity index (χ2n) is 1.89. The Morgan fingerprint density at radius 1 is 1.56 bits per heavy atom. The third-order valence-electron chi connectivity index (χ3n) is 1.01. The first-order chi connectivity index (χ1) is 4.31. The molecule has 1 N–H and O–H groups in total. The second-order valence-corrected chi connectivity index (χ2v) is 1.89. The lowest BCUT2D eigenvalue weighted by atomic mass is 10.5. The number of aliphatic hydroxyl groups is 1. The van der Waals surface area contributed by atoms with E-state index in [1.54, 1.807) is 0 Å². The fourth-order valence-corrected chi connectivity index (χ4v) is 0.464. The molecule has 0 spiro atoms. The molecule has 0 aromatic carbocycles. The van der Waals surface area contributed by atoms with Crippen LogP contribution in [0.1, 0.15) is 6.92 Å². The van der Waals surface area contributed by atoms with Crippen LogP contribution in [0, 0.1) is 11.8 Å². The largest absolute Gasteiger partial charge is 0.395 e. The van der Waals surface area contributed by atoms with Crippen molar-refractivity contribution in [2.24, 2.45) is 0 Å². The van der Waals surface area contributed by atoms with E-state index >= 15 is 0 Å². The second kappa shape index (κ2) is 5.61. The van der Waals surface area contributed by atoms with Crippen LogP contribution in [0.2, 0.25) is 0 Å². The highest BCUT2D eigenvalue weighted by Crippen LogP contribution is 1.76. The highest BCUT2D eigenvalue weighted by Gasteiger charge is 1.90. The van der Waals surface area contributed by atoms with Crippen molar-refractivity contribution < 1.29 is 5.11 Å². The van der Waals surface area contributed by atoms with Crippen LogP contribution in [-0.4, -0.2) is 36.8 Å². The van der Waals surface area contributed by atoms with Crippen molar-refractivity contribution in [3.63, 3.8) is 0 Å². The third-order valence-corrected chi connectivity index (χ3v) is 1.01. The molecule has 9 heavy (non-hydrogen) atoms. The Hall–Kier alpha value is -0.520. The molecule has 52 valence electrons. The van der Waals surface area contributed by atoms with Gasteiger partial charge in [0.1, 0.15) is 0 Å². The van der Waals surface area contributed by atoms with Gasteiger partial charge in [-0.1, -0.05) is 5.92 Å². The molecule has 0 aliphatic rings. The summed E-state index contributed by atoms with van der Waals surface area (Å²) in [5.74, 6) is 5.68. The summed E-state index contributed by atoms with van der Waals surface area (Å²) < 4.78 is 0. The van der Waals surface area contributed by atoms with Gasteiger partial charge < -0.3 is 5.11 Å². The fourth-order valence-electron chi connectivity index (χ4n) is 0.464. The first kappa shape index (κ1) is 8.48. The minimum Gasteiger partial charge on any atom is -0.395 e. The summed E-state index contributed by atoms with van der Waals surface area (Å²) in [6, 6.07) is 0. The van der Waals surface area contributed by atoms with E-state index in [9.17, 15) is 0 Å². The van der Waals surface area contributed by atoms with Crippen LogP contribution in [0.15, 0.2) is 0 Å². The van der Waals surface area contributed by atoms with E-state index in [2.05, 4.69) is 11.8 Å². The molecule has 0 unspecified atom stereocenters. The van der Waals surface area contributed by atoms with Crippen LogP contribution < -0.4 is 0 Å². The van der Waals surface area contributed by atoms with Crippen LogP contribution in [0.5, 0.6) is 0 Å². The van der Waals surface area contributed by atoms with Gasteiger partial charge >= 0.3 is 0 Å². The van der Waals surface area contributed by atoms with Crippen molar-refractivity contribution in [3.05, 3.63) is 0 Å². The minimum absolute atomic E-state index is 0.210. The van der Waals surface area contributed by atoms with E-state index in [4.69, 9.17) is 5.11 Å². The van der Waals surface area contributed by atoms with E-state index in [1.165, 1.54) is 0 Å². The molecule has 0 aliphatic carbocycles. The number of aliphatic hydroxyl groups excluding tert-OH is 1. The average Bonchev–Trinajstić information content (AvgIpc) is 1.85. The van der Waals surface area contributed by atoms with Gasteiger partial charge in [-0.25, -0.2) is 0 Å². The summed E-state index contributed by atoms with van der Waals surface area (Å²) >= 11 is 0. The van der Waals surface area contributed by atoms with E-state index in [0.29, 0.717) is 6.54 Å². The Bertz CT molecular complexity index is 112. The zero-order valence-electron chi connectivity index (χ0n) is 6.02. The van der Waals surface area contributed by atoms with Crippen molar-refractivity contribution in [1.82, 2.24) is 4.90 Å². The zero-order valence-corrected chi connectivity index (χ0v) is 6.02. The predicted molar refractivity (Wildman–Crippen MR) is 38.0 cm³/mol. The summed E-state index contributed by atoms with van der Waals surface area (Å²) in [5.41, 5.74) is 0. The van der Waals surface area contributed by atoms with Crippen LogP contribution >= 0.6 is 0 Å². The standard InChI is InChI=1S/C7H13NO/c1-3-4-5-8(2)6-7-9/h9H,5-7H2,1-2H3. The van der Waals surface area contributed by atoms with Crippen LogP contribution in [-0.2, 0) is 0 Å². The average molecular weight is 127 g/mol. The van der Waals surface area contributed by atoms with Gasteiger partial charge in [0, 0.05) is 6.54 Å². The van der Waals surface area contributed by atoms with Crippen LogP contribution in [0.25, 0.3) is 0 Å². The molecule has 0 fully saturated rings. The predicted octanol–water partition coefficient (Wildman–Crippen LogP) is -0.0662. The molecule has 0 amide bonds. The fraction of sp³-hybridized carbons (Fsp3) is 0.714. The summed E-state index contributed by atoms with van der Waals surface area (Å²) in [5, 5.41) is 8.45. The van der Waals surface area contributed by atoms with E-state index in [0.717, 1.165) is 6.54 Å². The summed E-state index contributed by atoms with van der Waals surface area (Å²) in [4.78, 5) is 1.97. The number of hydrogen-bond donors (Lipinski definition) is 1. The van der Waals surface area contributed by atoms with Crippen molar-refractivity contribution in [2.45, 2.75) is 6.92 Å². The lowest BCUT2D eigenvalue weighted by Gasteiger charge is -2.09. The van der Waals surface area contributed by atoms with Gasteiger partial charge in [-0.05, 0) is 14.0 Å². The quantitative estimate of drug-likeness (QED) is 0.537. The van der Waals surface area contributed by atoms with Gasteiger partial charge in [-0.2, -0.15) is 0 Å². The lowest BCUT2D eigenvalue weighted by Crippen LogP contribution is -2.22. The van der Waals surface area contributed by atoms with E-state index < -0.39 is 0 Å². The maximum Gasteiger partial charge on any atom is 0.0599 e. The number of hydrogen-bond acceptors (Lipinski definition) is 2. The van der Waals surface area contributed by atoms with Gasteiger partial charge in [0.25, 0.3) is 0 Å². The molecule has 2 nitrogen and oxygen atoms in total. The molecule has 0 bridgehead atoms. The van der Waals surface area contributed by atoms with E-state index in [1.807, 2.05) is 18.9 Å². The molecule has 2 heteroatoms. The third kappa shape index (κ3) is 5.35. The molecule has 0 aliphatic heterocycles. The first-order valence-corrected chi connectivity index (χ1v) is 3.00. The molecule has 0 rings (SSSR count). The zero-order chi connectivity index (χ0) is 7.11. The maximum absolute atomic E-state index is 8.45. The van der Waals surface area contributed by atoms with Crippen molar-refractivity contribution in [2.75, 3.05) is 26.7 Å². The highest BCUT2D eigenvalue weighted by molar-refractivity contribution is 4.97.